The number of amides is 2. The Labute approximate surface area is 195 Å². The van der Waals surface area contributed by atoms with Crippen LogP contribution in [0.1, 0.15) is 11.6 Å². The van der Waals surface area contributed by atoms with Crippen LogP contribution >= 0.6 is 15.9 Å². The van der Waals surface area contributed by atoms with Crippen molar-refractivity contribution in [1.29, 1.82) is 0 Å². The Bertz CT molecular complexity index is 1190. The number of aliphatic hydroxyl groups excluding tert-OH is 1. The largest absolute Gasteiger partial charge is 0.496 e. The number of imide groups is 1. The van der Waals surface area contributed by atoms with Crippen LogP contribution in [0, 0.1) is 22.0 Å². The number of nitrogens with one attached hydrogen (secondary N) is 1. The third kappa shape index (κ3) is 3.37. The molecule has 2 heterocycles. The first-order valence-electron chi connectivity index (χ1n) is 9.74. The molecule has 33 heavy (non-hydrogen) atoms. The second-order valence-electron chi connectivity index (χ2n) is 7.74. The Morgan fingerprint density at radius 3 is 2.61 bits per heavy atom. The Balaban J connectivity index is 1.89. The predicted molar refractivity (Wildman–Crippen MR) is 117 cm³/mol. The Morgan fingerprint density at radius 2 is 2.00 bits per heavy atom. The van der Waals surface area contributed by atoms with Crippen molar-refractivity contribution >= 4 is 45.1 Å². The summed E-state index contributed by atoms with van der Waals surface area (Å²) in [6.07, 6.45) is 0. The van der Waals surface area contributed by atoms with Crippen LogP contribution < -0.4 is 15.0 Å². The van der Waals surface area contributed by atoms with E-state index in [0.717, 1.165) is 11.0 Å². The Morgan fingerprint density at radius 1 is 1.27 bits per heavy atom. The van der Waals surface area contributed by atoms with Crippen LogP contribution in [0.4, 0.5) is 11.4 Å². The van der Waals surface area contributed by atoms with E-state index in [9.17, 15) is 34.7 Å². The van der Waals surface area contributed by atoms with Crippen LogP contribution in [0.5, 0.6) is 5.75 Å². The van der Waals surface area contributed by atoms with Crippen molar-refractivity contribution in [3.63, 3.8) is 0 Å². The Hall–Kier alpha value is -3.35. The number of nitro groups is 1. The number of rotatable bonds is 6. The molecule has 3 N–H and O–H groups in total. The number of hydrogen-bond donors (Lipinski definition) is 3. The Kier molecular flexibility index (Phi) is 5.68. The number of ether oxygens (including phenoxy) is 1. The summed E-state index contributed by atoms with van der Waals surface area (Å²) in [4.78, 5) is 50.6. The fourth-order valence-electron chi connectivity index (χ4n) is 4.63. The summed E-state index contributed by atoms with van der Waals surface area (Å²) in [6.45, 7) is -0.960. The van der Waals surface area contributed by atoms with Crippen molar-refractivity contribution in [1.82, 2.24) is 5.32 Å². The van der Waals surface area contributed by atoms with Crippen LogP contribution in [-0.2, 0) is 14.4 Å². The number of halogens is 1. The van der Waals surface area contributed by atoms with Gasteiger partial charge in [-0.25, -0.2) is 4.90 Å². The number of carbonyl (C=O) groups is 3. The van der Waals surface area contributed by atoms with E-state index in [0.29, 0.717) is 15.8 Å². The first kappa shape index (κ1) is 22.8. The molecular weight excluding hydrogens is 502 g/mol. The zero-order valence-corrected chi connectivity index (χ0v) is 18.7. The van der Waals surface area contributed by atoms with E-state index in [-0.39, 0.29) is 11.4 Å². The van der Waals surface area contributed by atoms with Crippen molar-refractivity contribution in [3.05, 3.63) is 62.6 Å². The number of methoxy groups -OCH3 is 1. The van der Waals surface area contributed by atoms with Crippen LogP contribution in [0.3, 0.4) is 0 Å². The lowest BCUT2D eigenvalue weighted by Crippen LogP contribution is -2.58. The number of aliphatic carboxylic acids is 1. The second-order valence-corrected chi connectivity index (χ2v) is 8.65. The minimum Gasteiger partial charge on any atom is -0.496 e. The number of anilines is 1. The maximum Gasteiger partial charge on any atom is 0.327 e. The molecule has 4 atom stereocenters. The van der Waals surface area contributed by atoms with Gasteiger partial charge in [0, 0.05) is 28.2 Å². The third-order valence-electron chi connectivity index (χ3n) is 6.11. The lowest BCUT2D eigenvalue weighted by molar-refractivity contribution is -0.384. The highest BCUT2D eigenvalue weighted by atomic mass is 79.9. The predicted octanol–water partition coefficient (Wildman–Crippen LogP) is 1.63. The molecule has 4 unspecified atom stereocenters. The zero-order chi connectivity index (χ0) is 24.1. The van der Waals surface area contributed by atoms with Gasteiger partial charge in [0.05, 0.1) is 36.2 Å². The fourth-order valence-corrected chi connectivity index (χ4v) is 5.01. The molecule has 2 aliphatic rings. The molecule has 0 aliphatic carbocycles. The smallest absolute Gasteiger partial charge is 0.327 e. The van der Waals surface area contributed by atoms with Gasteiger partial charge in [-0.05, 0) is 24.3 Å². The number of carboxylic acids is 1. The number of non-ortho nitro benzene ring substituents is 1. The summed E-state index contributed by atoms with van der Waals surface area (Å²) in [5.41, 5.74) is -2.11. The highest BCUT2D eigenvalue weighted by molar-refractivity contribution is 9.10. The molecule has 2 fully saturated rings. The van der Waals surface area contributed by atoms with Crippen LogP contribution in [0.25, 0.3) is 0 Å². The number of fused-ring (bicyclic) bond motifs is 1. The number of carbonyl (C=O) groups excluding carboxylic acids is 2. The minimum atomic E-state index is -2.15. The minimum absolute atomic E-state index is 0.0502. The monoisotopic (exact) mass is 519 g/mol. The molecule has 2 aromatic carbocycles. The van der Waals surface area contributed by atoms with E-state index in [4.69, 9.17) is 4.74 Å². The van der Waals surface area contributed by atoms with Gasteiger partial charge >= 0.3 is 5.97 Å². The number of benzene rings is 2. The summed E-state index contributed by atoms with van der Waals surface area (Å²) in [7, 11) is 1.41. The molecule has 0 radical (unpaired) electrons. The third-order valence-corrected chi connectivity index (χ3v) is 6.60. The molecule has 2 aromatic rings. The topological polar surface area (TPSA) is 159 Å². The van der Waals surface area contributed by atoms with Crippen molar-refractivity contribution in [2.24, 2.45) is 11.8 Å². The standard InChI is InChI=1S/C21H18BrN3O8/c1-33-14-6-5-10(22)7-13(14)17-15-16(21(9-26,23-17)20(29)30)19(28)24(18(15)27)11-3-2-4-12(8-11)25(31)32/h2-8,15-17,23,26H,9H2,1H3,(H,29,30). The molecule has 12 heteroatoms. The van der Waals surface area contributed by atoms with Crippen molar-refractivity contribution in [3.8, 4) is 5.75 Å². The summed E-state index contributed by atoms with van der Waals surface area (Å²) in [6, 6.07) is 8.92. The number of aliphatic hydroxyl groups is 1. The molecule has 172 valence electrons. The highest BCUT2D eigenvalue weighted by Gasteiger charge is 2.69. The van der Waals surface area contributed by atoms with Gasteiger partial charge < -0.3 is 14.9 Å². The van der Waals surface area contributed by atoms with Crippen molar-refractivity contribution in [2.75, 3.05) is 18.6 Å². The number of nitrogens with zero attached hydrogens (tertiary/aromatic N) is 2. The van der Waals surface area contributed by atoms with E-state index >= 15 is 0 Å². The zero-order valence-electron chi connectivity index (χ0n) is 17.1. The molecule has 0 saturated carbocycles. The van der Waals surface area contributed by atoms with E-state index in [1.807, 2.05) is 0 Å². The maximum atomic E-state index is 13.5. The van der Waals surface area contributed by atoms with E-state index in [1.165, 1.54) is 25.3 Å². The van der Waals surface area contributed by atoms with Crippen LogP contribution in [0.15, 0.2) is 46.9 Å². The van der Waals surface area contributed by atoms with Gasteiger partial charge in [0.1, 0.15) is 5.75 Å². The SMILES string of the molecule is COc1ccc(Br)cc1C1NC(CO)(C(=O)O)C2C(=O)N(c3cccc([N+](=O)[O-])c3)C(=O)C12. The van der Waals surface area contributed by atoms with Gasteiger partial charge in [0.2, 0.25) is 11.8 Å². The normalized spacial score (nSPS) is 26.4. The van der Waals surface area contributed by atoms with E-state index in [1.54, 1.807) is 18.2 Å². The number of carboxylic acid groups (broad SMARTS) is 1. The molecule has 2 amide bonds. The first-order valence-corrected chi connectivity index (χ1v) is 10.5. The summed E-state index contributed by atoms with van der Waals surface area (Å²) < 4.78 is 6.01. The molecule has 0 bridgehead atoms. The molecule has 0 spiro atoms. The lowest BCUT2D eigenvalue weighted by atomic mass is 9.79. The summed E-state index contributed by atoms with van der Waals surface area (Å²) >= 11 is 3.34. The quantitative estimate of drug-likeness (QED) is 0.292. The van der Waals surface area contributed by atoms with Crippen molar-refractivity contribution < 1.29 is 34.3 Å². The highest BCUT2D eigenvalue weighted by Crippen LogP contribution is 2.51. The number of nitro benzene ring substituents is 1. The van der Waals surface area contributed by atoms with Gasteiger partial charge in [-0.2, -0.15) is 0 Å². The maximum absolute atomic E-state index is 13.5. The van der Waals surface area contributed by atoms with Gasteiger partial charge in [0.15, 0.2) is 5.54 Å². The van der Waals surface area contributed by atoms with E-state index < -0.39 is 52.7 Å². The molecular formula is C21H18BrN3O8. The van der Waals surface area contributed by atoms with Gasteiger partial charge in [-0.15, -0.1) is 0 Å². The van der Waals surface area contributed by atoms with Gasteiger partial charge in [-0.1, -0.05) is 22.0 Å². The molecule has 2 saturated heterocycles. The van der Waals surface area contributed by atoms with Crippen LogP contribution in [0.2, 0.25) is 0 Å². The summed E-state index contributed by atoms with van der Waals surface area (Å²) in [5, 5.41) is 34.1. The van der Waals surface area contributed by atoms with Gasteiger partial charge in [0.25, 0.3) is 5.69 Å². The second kappa shape index (κ2) is 8.21. The number of hydrogen-bond acceptors (Lipinski definition) is 8. The van der Waals surface area contributed by atoms with Crippen molar-refractivity contribution in [2.45, 2.75) is 11.6 Å². The average Bonchev–Trinajstić information content (AvgIpc) is 3.28. The molecule has 2 aliphatic heterocycles. The lowest BCUT2D eigenvalue weighted by Gasteiger charge is -2.29. The first-order chi connectivity index (χ1) is 15.7. The van der Waals surface area contributed by atoms with Gasteiger partial charge in [-0.3, -0.25) is 29.8 Å². The summed E-state index contributed by atoms with van der Waals surface area (Å²) in [5.74, 6) is -5.42. The van der Waals surface area contributed by atoms with Crippen LogP contribution in [-0.4, -0.2) is 52.2 Å². The molecule has 0 aromatic heterocycles. The average molecular weight is 520 g/mol. The fraction of sp³-hybridized carbons (Fsp3) is 0.286. The molecule has 4 rings (SSSR count). The van der Waals surface area contributed by atoms with E-state index in [2.05, 4.69) is 21.2 Å². The molecule has 11 nitrogen and oxygen atoms in total.